The molecule has 0 saturated carbocycles. The molecule has 1 fully saturated rings. The quantitative estimate of drug-likeness (QED) is 0.634. The summed E-state index contributed by atoms with van der Waals surface area (Å²) in [4.78, 5) is 5.57. The molecule has 0 amide bonds. The van der Waals surface area contributed by atoms with E-state index in [0.717, 1.165) is 26.2 Å². The number of nitrogens with two attached hydrogens (primary N) is 1. The molecule has 0 aromatic heterocycles. The van der Waals surface area contributed by atoms with E-state index < -0.39 is 6.04 Å². The van der Waals surface area contributed by atoms with Gasteiger partial charge in [-0.1, -0.05) is 0 Å². The number of rotatable bonds is 3. The van der Waals surface area contributed by atoms with E-state index in [9.17, 15) is 4.39 Å². The molecule has 14 heavy (non-hydrogen) atoms. The molecule has 1 rings (SSSR count). The van der Waals surface area contributed by atoms with Crippen LogP contribution in [0.25, 0.3) is 0 Å². The van der Waals surface area contributed by atoms with Crippen LogP contribution in [-0.2, 0) is 0 Å². The van der Waals surface area contributed by atoms with Crippen molar-refractivity contribution in [3.05, 3.63) is 11.6 Å². The molecule has 1 aliphatic rings. The first-order chi connectivity index (χ1) is 6.66. The minimum atomic E-state index is -0.620. The van der Waals surface area contributed by atoms with Gasteiger partial charge in [-0.2, -0.15) is 0 Å². The Bertz CT molecular complexity index is 231. The van der Waals surface area contributed by atoms with Gasteiger partial charge >= 0.3 is 0 Å². The summed E-state index contributed by atoms with van der Waals surface area (Å²) in [5, 5.41) is 3.18. The van der Waals surface area contributed by atoms with Crippen molar-refractivity contribution in [1.29, 1.82) is 0 Å². The summed E-state index contributed by atoms with van der Waals surface area (Å²) >= 11 is 0. The number of aliphatic imine (C=N–C) groups is 1. The number of hydrogen-bond donors (Lipinski definition) is 2. The molecule has 1 saturated heterocycles. The van der Waals surface area contributed by atoms with Crippen LogP contribution in [0.1, 0.15) is 6.92 Å². The normalized spacial score (nSPS) is 21.5. The van der Waals surface area contributed by atoms with Crippen LogP contribution in [0.4, 0.5) is 4.39 Å². The molecule has 1 atom stereocenters. The lowest BCUT2D eigenvalue weighted by atomic mass is 10.2. The Labute approximate surface area is 83.7 Å². The smallest absolute Gasteiger partial charge is 0.161 e. The van der Waals surface area contributed by atoms with Crippen LogP contribution in [-0.4, -0.2) is 43.8 Å². The molecule has 5 heteroatoms. The molecular formula is C9H17FN4. The van der Waals surface area contributed by atoms with Gasteiger partial charge in [0.15, 0.2) is 11.6 Å². The van der Waals surface area contributed by atoms with E-state index in [4.69, 9.17) is 5.73 Å². The largest absolute Gasteiger partial charge is 0.352 e. The number of nitrogens with one attached hydrogen (secondary N) is 1. The second kappa shape index (κ2) is 5.07. The van der Waals surface area contributed by atoms with Crippen LogP contribution in [0, 0.1) is 0 Å². The van der Waals surface area contributed by atoms with Gasteiger partial charge in [-0.3, -0.25) is 0 Å². The Morgan fingerprint density at radius 1 is 1.57 bits per heavy atom. The zero-order chi connectivity index (χ0) is 10.6. The minimum Gasteiger partial charge on any atom is -0.352 e. The third-order valence-corrected chi connectivity index (χ3v) is 2.18. The van der Waals surface area contributed by atoms with Crippen molar-refractivity contribution in [3.8, 4) is 0 Å². The molecule has 3 N–H and O–H groups in total. The van der Waals surface area contributed by atoms with Crippen molar-refractivity contribution in [2.75, 3.05) is 26.2 Å². The summed E-state index contributed by atoms with van der Waals surface area (Å²) in [5.41, 5.74) is 5.46. The van der Waals surface area contributed by atoms with Crippen molar-refractivity contribution in [3.63, 3.8) is 0 Å². The van der Waals surface area contributed by atoms with E-state index in [-0.39, 0.29) is 5.83 Å². The summed E-state index contributed by atoms with van der Waals surface area (Å²) in [6, 6.07) is -0.620. The molecule has 0 radical (unpaired) electrons. The van der Waals surface area contributed by atoms with Crippen LogP contribution in [0.5, 0.6) is 0 Å². The fourth-order valence-corrected chi connectivity index (χ4v) is 1.41. The Kier molecular flexibility index (Phi) is 4.03. The average molecular weight is 200 g/mol. The number of piperazine rings is 1. The molecular weight excluding hydrogens is 183 g/mol. The third kappa shape index (κ3) is 2.52. The van der Waals surface area contributed by atoms with Gasteiger partial charge in [-0.25, -0.2) is 9.38 Å². The Hall–Kier alpha value is -0.940. The van der Waals surface area contributed by atoms with Gasteiger partial charge in [0.05, 0.1) is 6.04 Å². The SMILES string of the molecule is C=N/C(=C(/F)C(C)N)N1CCNCC1. The van der Waals surface area contributed by atoms with E-state index in [2.05, 4.69) is 17.0 Å². The highest BCUT2D eigenvalue weighted by atomic mass is 19.1. The fourth-order valence-electron chi connectivity index (χ4n) is 1.41. The first-order valence-electron chi connectivity index (χ1n) is 4.74. The predicted molar refractivity (Wildman–Crippen MR) is 55.8 cm³/mol. The Morgan fingerprint density at radius 2 is 2.14 bits per heavy atom. The van der Waals surface area contributed by atoms with Gasteiger partial charge in [-0.15, -0.1) is 0 Å². The van der Waals surface area contributed by atoms with Crippen LogP contribution in [0.15, 0.2) is 16.6 Å². The third-order valence-electron chi connectivity index (χ3n) is 2.18. The summed E-state index contributed by atoms with van der Waals surface area (Å²) in [7, 11) is 0. The van der Waals surface area contributed by atoms with Crippen LogP contribution >= 0.6 is 0 Å². The number of hydrogen-bond acceptors (Lipinski definition) is 4. The first kappa shape index (κ1) is 11.1. The lowest BCUT2D eigenvalue weighted by molar-refractivity contribution is 0.284. The van der Waals surface area contributed by atoms with Gasteiger partial charge < -0.3 is 16.0 Å². The summed E-state index contributed by atoms with van der Waals surface area (Å²) < 4.78 is 13.5. The molecule has 0 bridgehead atoms. The van der Waals surface area contributed by atoms with E-state index in [1.54, 1.807) is 6.92 Å². The highest BCUT2D eigenvalue weighted by molar-refractivity contribution is 5.30. The molecule has 80 valence electrons. The Balaban J connectivity index is 2.78. The summed E-state index contributed by atoms with van der Waals surface area (Å²) in [5.74, 6) is -0.0941. The summed E-state index contributed by atoms with van der Waals surface area (Å²) in [6.45, 7) is 8.14. The highest BCUT2D eigenvalue weighted by Gasteiger charge is 2.18. The van der Waals surface area contributed by atoms with Crippen molar-refractivity contribution in [2.45, 2.75) is 13.0 Å². The molecule has 0 aliphatic carbocycles. The van der Waals surface area contributed by atoms with E-state index in [0.29, 0.717) is 5.82 Å². The van der Waals surface area contributed by atoms with Crippen molar-refractivity contribution in [2.24, 2.45) is 10.7 Å². The Morgan fingerprint density at radius 3 is 2.57 bits per heavy atom. The van der Waals surface area contributed by atoms with Crippen molar-refractivity contribution >= 4 is 6.72 Å². The lowest BCUT2D eigenvalue weighted by Gasteiger charge is -2.29. The van der Waals surface area contributed by atoms with Gasteiger partial charge in [0.1, 0.15) is 0 Å². The fraction of sp³-hybridized carbons (Fsp3) is 0.667. The summed E-state index contributed by atoms with van der Waals surface area (Å²) in [6.07, 6.45) is 0. The monoisotopic (exact) mass is 200 g/mol. The number of nitrogens with zero attached hydrogens (tertiary/aromatic N) is 2. The van der Waals surface area contributed by atoms with E-state index in [1.807, 2.05) is 4.90 Å². The topological polar surface area (TPSA) is 53.6 Å². The maximum absolute atomic E-state index is 13.5. The van der Waals surface area contributed by atoms with Crippen LogP contribution < -0.4 is 11.1 Å². The van der Waals surface area contributed by atoms with E-state index in [1.165, 1.54) is 0 Å². The zero-order valence-electron chi connectivity index (χ0n) is 8.46. The van der Waals surface area contributed by atoms with Crippen LogP contribution in [0.2, 0.25) is 0 Å². The molecule has 0 spiro atoms. The van der Waals surface area contributed by atoms with Crippen molar-refractivity contribution < 1.29 is 4.39 Å². The highest BCUT2D eigenvalue weighted by Crippen LogP contribution is 2.15. The zero-order valence-corrected chi connectivity index (χ0v) is 8.46. The molecule has 0 aromatic rings. The molecule has 4 nitrogen and oxygen atoms in total. The second-order valence-electron chi connectivity index (χ2n) is 3.36. The molecule has 1 aliphatic heterocycles. The maximum Gasteiger partial charge on any atom is 0.161 e. The van der Waals surface area contributed by atoms with Gasteiger partial charge in [0, 0.05) is 26.2 Å². The molecule has 0 aromatic carbocycles. The van der Waals surface area contributed by atoms with Crippen LogP contribution in [0.3, 0.4) is 0 Å². The van der Waals surface area contributed by atoms with Gasteiger partial charge in [0.25, 0.3) is 0 Å². The number of halogens is 1. The molecule has 1 unspecified atom stereocenters. The van der Waals surface area contributed by atoms with E-state index >= 15 is 0 Å². The first-order valence-corrected chi connectivity index (χ1v) is 4.74. The van der Waals surface area contributed by atoms with Gasteiger partial charge in [0.2, 0.25) is 0 Å². The predicted octanol–water partition coefficient (Wildman–Crippen LogP) is 0.0780. The van der Waals surface area contributed by atoms with Crippen molar-refractivity contribution in [1.82, 2.24) is 10.2 Å². The molecule has 1 heterocycles. The standard InChI is InChI=1S/C9H17FN4/c1-7(11)8(10)9(12-2)14-5-3-13-4-6-14/h7,13H,2-6,11H2,1H3/b9-8-. The average Bonchev–Trinajstić information content (AvgIpc) is 2.20. The van der Waals surface area contributed by atoms with Gasteiger partial charge in [-0.05, 0) is 13.6 Å². The maximum atomic E-state index is 13.5. The lowest BCUT2D eigenvalue weighted by Crippen LogP contribution is -2.43. The minimum absolute atomic E-state index is 0.293. The second-order valence-corrected chi connectivity index (χ2v) is 3.36.